The molecule has 0 spiro atoms. The minimum absolute atomic E-state index is 0.0425. The molecule has 3 heterocycles. The number of carbonyl (C=O) groups excluding carboxylic acids is 1. The van der Waals surface area contributed by atoms with Crippen LogP contribution in [0.2, 0.25) is 5.02 Å². The van der Waals surface area contributed by atoms with E-state index in [0.717, 1.165) is 19.6 Å². The molecular formula is C15H21ClN6O. The molecule has 3 rings (SSSR count). The predicted molar refractivity (Wildman–Crippen MR) is 87.3 cm³/mol. The number of aryl methyl sites for hydroxylation is 3. The zero-order valence-corrected chi connectivity index (χ0v) is 14.4. The van der Waals surface area contributed by atoms with E-state index >= 15 is 0 Å². The number of amides is 1. The molecule has 0 unspecified atom stereocenters. The molecule has 0 saturated carbocycles. The van der Waals surface area contributed by atoms with Gasteiger partial charge in [0.15, 0.2) is 0 Å². The molecule has 1 aliphatic heterocycles. The molecule has 0 aromatic carbocycles. The van der Waals surface area contributed by atoms with Crippen molar-refractivity contribution in [2.75, 3.05) is 26.2 Å². The van der Waals surface area contributed by atoms with Crippen LogP contribution in [0.4, 0.5) is 0 Å². The van der Waals surface area contributed by atoms with Gasteiger partial charge in [-0.05, 0) is 6.92 Å². The first kappa shape index (κ1) is 16.0. The fourth-order valence-corrected chi connectivity index (χ4v) is 3.18. The lowest BCUT2D eigenvalue weighted by Crippen LogP contribution is -2.48. The van der Waals surface area contributed by atoms with Crippen molar-refractivity contribution in [2.45, 2.75) is 13.5 Å². The smallest absolute Gasteiger partial charge is 0.273 e. The summed E-state index contributed by atoms with van der Waals surface area (Å²) in [6.45, 7) is 5.75. The number of rotatable bonds is 3. The average molecular weight is 337 g/mol. The number of halogens is 1. The second-order valence-electron chi connectivity index (χ2n) is 5.96. The van der Waals surface area contributed by atoms with Crippen molar-refractivity contribution in [1.29, 1.82) is 0 Å². The highest BCUT2D eigenvalue weighted by molar-refractivity contribution is 6.34. The van der Waals surface area contributed by atoms with Gasteiger partial charge < -0.3 is 4.90 Å². The minimum atomic E-state index is -0.0425. The monoisotopic (exact) mass is 336 g/mol. The quantitative estimate of drug-likeness (QED) is 0.841. The van der Waals surface area contributed by atoms with E-state index in [0.29, 0.717) is 29.5 Å². The van der Waals surface area contributed by atoms with E-state index in [1.807, 2.05) is 35.9 Å². The van der Waals surface area contributed by atoms with Crippen LogP contribution < -0.4 is 0 Å². The van der Waals surface area contributed by atoms with Gasteiger partial charge >= 0.3 is 0 Å². The summed E-state index contributed by atoms with van der Waals surface area (Å²) in [6.07, 6.45) is 3.91. The summed E-state index contributed by atoms with van der Waals surface area (Å²) in [5.41, 5.74) is 2.36. The maximum absolute atomic E-state index is 12.7. The molecular weight excluding hydrogens is 316 g/mol. The Labute approximate surface area is 140 Å². The Hall–Kier alpha value is -1.86. The molecule has 1 aliphatic rings. The first-order valence-corrected chi connectivity index (χ1v) is 8.01. The van der Waals surface area contributed by atoms with E-state index in [4.69, 9.17) is 11.6 Å². The molecule has 23 heavy (non-hydrogen) atoms. The Morgan fingerprint density at radius 3 is 2.48 bits per heavy atom. The van der Waals surface area contributed by atoms with E-state index in [2.05, 4.69) is 15.1 Å². The average Bonchev–Trinajstić information content (AvgIpc) is 3.03. The summed E-state index contributed by atoms with van der Waals surface area (Å²) < 4.78 is 3.38. The van der Waals surface area contributed by atoms with Crippen molar-refractivity contribution < 1.29 is 4.79 Å². The molecule has 1 saturated heterocycles. The number of hydrogen-bond donors (Lipinski definition) is 0. The number of aromatic nitrogens is 4. The Balaban J connectivity index is 1.61. The zero-order valence-electron chi connectivity index (χ0n) is 13.7. The number of nitrogens with zero attached hydrogens (tertiary/aromatic N) is 6. The second kappa shape index (κ2) is 6.33. The summed E-state index contributed by atoms with van der Waals surface area (Å²) in [4.78, 5) is 16.9. The largest absolute Gasteiger partial charge is 0.335 e. The standard InChI is InChI=1S/C15H21ClN6O/c1-11-13(16)14(20(3)18-11)15(23)22-6-4-21(5-7-22)10-12-8-17-19(2)9-12/h8-9H,4-7,10H2,1-3H3. The van der Waals surface area contributed by atoms with Crippen LogP contribution in [-0.4, -0.2) is 61.4 Å². The van der Waals surface area contributed by atoms with Gasteiger partial charge in [0.05, 0.1) is 16.9 Å². The van der Waals surface area contributed by atoms with Gasteiger partial charge in [0.25, 0.3) is 5.91 Å². The lowest BCUT2D eigenvalue weighted by atomic mass is 10.2. The van der Waals surface area contributed by atoms with E-state index in [1.54, 1.807) is 11.7 Å². The zero-order chi connectivity index (χ0) is 16.6. The van der Waals surface area contributed by atoms with Gasteiger partial charge in [-0.1, -0.05) is 11.6 Å². The highest BCUT2D eigenvalue weighted by Gasteiger charge is 2.27. The van der Waals surface area contributed by atoms with Crippen LogP contribution in [0.5, 0.6) is 0 Å². The van der Waals surface area contributed by atoms with Gasteiger partial charge in [-0.2, -0.15) is 10.2 Å². The van der Waals surface area contributed by atoms with Crippen LogP contribution in [0.25, 0.3) is 0 Å². The highest BCUT2D eigenvalue weighted by atomic mass is 35.5. The SMILES string of the molecule is Cc1nn(C)c(C(=O)N2CCN(Cc3cnn(C)c3)CC2)c1Cl. The summed E-state index contributed by atoms with van der Waals surface area (Å²) in [5, 5.41) is 8.86. The third-order valence-electron chi connectivity index (χ3n) is 4.18. The first-order chi connectivity index (χ1) is 11.0. The van der Waals surface area contributed by atoms with Crippen molar-refractivity contribution in [2.24, 2.45) is 14.1 Å². The van der Waals surface area contributed by atoms with Crippen LogP contribution in [0.1, 0.15) is 21.7 Å². The molecule has 7 nitrogen and oxygen atoms in total. The molecule has 124 valence electrons. The summed E-state index contributed by atoms with van der Waals surface area (Å²) in [6, 6.07) is 0. The van der Waals surface area contributed by atoms with E-state index in [-0.39, 0.29) is 5.91 Å². The molecule has 2 aromatic rings. The number of carbonyl (C=O) groups is 1. The molecule has 0 N–H and O–H groups in total. The third-order valence-corrected chi connectivity index (χ3v) is 4.63. The van der Waals surface area contributed by atoms with Crippen molar-refractivity contribution in [3.8, 4) is 0 Å². The first-order valence-electron chi connectivity index (χ1n) is 7.64. The van der Waals surface area contributed by atoms with Gasteiger partial charge in [0, 0.05) is 58.6 Å². The molecule has 2 aromatic heterocycles. The highest BCUT2D eigenvalue weighted by Crippen LogP contribution is 2.21. The lowest BCUT2D eigenvalue weighted by Gasteiger charge is -2.34. The molecule has 0 radical (unpaired) electrons. The molecule has 0 atom stereocenters. The Morgan fingerprint density at radius 2 is 1.96 bits per heavy atom. The van der Waals surface area contributed by atoms with Gasteiger partial charge in [0.1, 0.15) is 5.69 Å². The fourth-order valence-electron chi connectivity index (χ4n) is 2.94. The van der Waals surface area contributed by atoms with Gasteiger partial charge in [-0.15, -0.1) is 0 Å². The van der Waals surface area contributed by atoms with E-state index < -0.39 is 0 Å². The second-order valence-corrected chi connectivity index (χ2v) is 6.34. The number of piperazine rings is 1. The Bertz CT molecular complexity index is 714. The van der Waals surface area contributed by atoms with E-state index in [1.165, 1.54) is 5.56 Å². The number of hydrogen-bond acceptors (Lipinski definition) is 4. The molecule has 0 aliphatic carbocycles. The van der Waals surface area contributed by atoms with Crippen LogP contribution >= 0.6 is 11.6 Å². The van der Waals surface area contributed by atoms with Crippen LogP contribution in [0, 0.1) is 6.92 Å². The van der Waals surface area contributed by atoms with Crippen molar-refractivity contribution in [1.82, 2.24) is 29.4 Å². The van der Waals surface area contributed by atoms with Crippen LogP contribution in [0.15, 0.2) is 12.4 Å². The van der Waals surface area contributed by atoms with Crippen molar-refractivity contribution >= 4 is 17.5 Å². The molecule has 1 amide bonds. The Morgan fingerprint density at radius 1 is 1.26 bits per heavy atom. The van der Waals surface area contributed by atoms with E-state index in [9.17, 15) is 4.79 Å². The minimum Gasteiger partial charge on any atom is -0.335 e. The Kier molecular flexibility index (Phi) is 4.41. The van der Waals surface area contributed by atoms with Crippen LogP contribution in [-0.2, 0) is 20.6 Å². The third kappa shape index (κ3) is 3.25. The molecule has 0 bridgehead atoms. The van der Waals surface area contributed by atoms with Crippen molar-refractivity contribution in [3.63, 3.8) is 0 Å². The maximum Gasteiger partial charge on any atom is 0.273 e. The van der Waals surface area contributed by atoms with Crippen molar-refractivity contribution in [3.05, 3.63) is 34.4 Å². The predicted octanol–water partition coefficient (Wildman–Crippen LogP) is 1.07. The molecule has 1 fully saturated rings. The fraction of sp³-hybridized carbons (Fsp3) is 0.533. The summed E-state index contributed by atoms with van der Waals surface area (Å²) in [5.74, 6) is -0.0425. The van der Waals surface area contributed by atoms with Crippen LogP contribution in [0.3, 0.4) is 0 Å². The van der Waals surface area contributed by atoms with Gasteiger partial charge in [0.2, 0.25) is 0 Å². The topological polar surface area (TPSA) is 59.2 Å². The maximum atomic E-state index is 12.7. The normalized spacial score (nSPS) is 16.1. The molecule has 8 heteroatoms. The summed E-state index contributed by atoms with van der Waals surface area (Å²) in [7, 11) is 3.67. The van der Waals surface area contributed by atoms with Gasteiger partial charge in [-0.25, -0.2) is 0 Å². The van der Waals surface area contributed by atoms with Gasteiger partial charge in [-0.3, -0.25) is 19.1 Å². The lowest BCUT2D eigenvalue weighted by molar-refractivity contribution is 0.0618. The summed E-state index contributed by atoms with van der Waals surface area (Å²) >= 11 is 6.22.